The molecule has 4 atom stereocenters. The number of nitrogens with one attached hydrogen (secondary N) is 2. The fourth-order valence-electron chi connectivity index (χ4n) is 5.30. The Bertz CT molecular complexity index is 1210. The molecule has 3 heterocycles. The lowest BCUT2D eigenvalue weighted by atomic mass is 9.76. The van der Waals surface area contributed by atoms with Crippen LogP contribution in [0.4, 0.5) is 17.1 Å². The second-order valence-corrected chi connectivity index (χ2v) is 9.04. The van der Waals surface area contributed by atoms with Crippen LogP contribution in [0.25, 0.3) is 0 Å². The van der Waals surface area contributed by atoms with Gasteiger partial charge >= 0.3 is 0 Å². The first-order valence-corrected chi connectivity index (χ1v) is 10.6. The number of rotatable bonds is 3. The number of nitrogens with zero attached hydrogens (tertiary/aromatic N) is 2. The third-order valence-electron chi connectivity index (χ3n) is 6.66. The van der Waals surface area contributed by atoms with Gasteiger partial charge in [-0.05, 0) is 24.1 Å². The quantitative estimate of drug-likeness (QED) is 0.418. The van der Waals surface area contributed by atoms with Crippen LogP contribution in [-0.4, -0.2) is 28.7 Å². The van der Waals surface area contributed by atoms with Gasteiger partial charge in [0.25, 0.3) is 5.69 Å². The van der Waals surface area contributed by atoms with Gasteiger partial charge in [0.05, 0.1) is 22.4 Å². The Labute approximate surface area is 187 Å². The van der Waals surface area contributed by atoms with Crippen LogP contribution in [0, 0.1) is 27.9 Å². The number of halogens is 1. The van der Waals surface area contributed by atoms with Crippen LogP contribution in [0.1, 0.15) is 19.4 Å². The lowest BCUT2D eigenvalue weighted by molar-refractivity contribution is -0.384. The average molecular weight is 455 g/mol. The highest BCUT2D eigenvalue weighted by Gasteiger charge is 2.71. The van der Waals surface area contributed by atoms with Gasteiger partial charge in [-0.3, -0.25) is 29.8 Å². The molecule has 3 aliphatic heterocycles. The summed E-state index contributed by atoms with van der Waals surface area (Å²) in [4.78, 5) is 52.2. The minimum absolute atomic E-state index is 0.0568. The molecule has 1 spiro atoms. The molecular formula is C22H19ClN4O5. The lowest BCUT2D eigenvalue weighted by Gasteiger charge is -2.30. The van der Waals surface area contributed by atoms with Crippen molar-refractivity contribution < 1.29 is 19.3 Å². The van der Waals surface area contributed by atoms with E-state index in [4.69, 9.17) is 11.6 Å². The molecule has 2 N–H and O–H groups in total. The highest BCUT2D eigenvalue weighted by Crippen LogP contribution is 2.54. The first-order chi connectivity index (χ1) is 15.2. The third kappa shape index (κ3) is 2.52. The number of fused-ring (bicyclic) bond motifs is 4. The number of benzene rings is 2. The van der Waals surface area contributed by atoms with Crippen molar-refractivity contribution in [3.8, 4) is 0 Å². The highest BCUT2D eigenvalue weighted by atomic mass is 35.5. The maximum atomic E-state index is 13.7. The van der Waals surface area contributed by atoms with Gasteiger partial charge in [-0.15, -0.1) is 0 Å². The molecule has 32 heavy (non-hydrogen) atoms. The van der Waals surface area contributed by atoms with E-state index in [2.05, 4.69) is 10.6 Å². The molecule has 0 aliphatic carbocycles. The minimum atomic E-state index is -1.39. The van der Waals surface area contributed by atoms with Crippen molar-refractivity contribution in [3.05, 3.63) is 63.2 Å². The molecular weight excluding hydrogens is 436 g/mol. The molecule has 0 unspecified atom stereocenters. The average Bonchev–Trinajstić information content (AvgIpc) is 3.34. The van der Waals surface area contributed by atoms with Gasteiger partial charge in [0.1, 0.15) is 10.6 Å². The van der Waals surface area contributed by atoms with Gasteiger partial charge in [0, 0.05) is 23.4 Å². The summed E-state index contributed by atoms with van der Waals surface area (Å²) in [5.41, 5.74) is -0.521. The zero-order valence-electron chi connectivity index (χ0n) is 17.2. The maximum Gasteiger partial charge on any atom is 0.289 e. The van der Waals surface area contributed by atoms with Crippen LogP contribution in [-0.2, 0) is 19.9 Å². The molecule has 0 radical (unpaired) electrons. The number of hydrogen-bond donors (Lipinski definition) is 2. The standard InChI is InChI=1S/C22H19ClN4O5/c1-10(2)18-16-17(22(25-18)12-5-3-4-6-14(12)24-21(22)30)20(29)26(19(16)28)11-7-8-13(23)15(9-11)27(31)32/h3-10,16-18,25H,1-2H3,(H,24,30)/t16-,17-,18-,22-/m0/s1. The molecule has 164 valence electrons. The minimum Gasteiger partial charge on any atom is -0.324 e. The molecule has 0 bridgehead atoms. The Hall–Kier alpha value is -3.30. The summed E-state index contributed by atoms with van der Waals surface area (Å²) < 4.78 is 0. The van der Waals surface area contributed by atoms with Gasteiger partial charge in [0.15, 0.2) is 0 Å². The molecule has 3 aliphatic rings. The van der Waals surface area contributed by atoms with E-state index in [9.17, 15) is 24.5 Å². The summed E-state index contributed by atoms with van der Waals surface area (Å²) in [7, 11) is 0. The Morgan fingerprint density at radius 2 is 1.84 bits per heavy atom. The zero-order chi connectivity index (χ0) is 22.9. The van der Waals surface area contributed by atoms with E-state index in [1.54, 1.807) is 24.3 Å². The molecule has 2 aromatic carbocycles. The molecule has 0 aromatic heterocycles. The van der Waals surface area contributed by atoms with Crippen LogP contribution >= 0.6 is 11.6 Å². The number of nitro groups is 1. The number of anilines is 2. The summed E-state index contributed by atoms with van der Waals surface area (Å²) in [5, 5.41) is 17.4. The number of para-hydroxylation sites is 1. The van der Waals surface area contributed by atoms with E-state index < -0.39 is 45.8 Å². The number of hydrogen-bond acceptors (Lipinski definition) is 6. The first-order valence-electron chi connectivity index (χ1n) is 10.2. The normalized spacial score (nSPS) is 28.4. The second kappa shape index (κ2) is 6.85. The number of nitro benzene ring substituents is 1. The largest absolute Gasteiger partial charge is 0.324 e. The molecule has 2 aromatic rings. The van der Waals surface area contributed by atoms with Gasteiger partial charge in [0.2, 0.25) is 17.7 Å². The smallest absolute Gasteiger partial charge is 0.289 e. The van der Waals surface area contributed by atoms with Gasteiger partial charge in [-0.25, -0.2) is 4.90 Å². The molecule has 2 fully saturated rings. The van der Waals surface area contributed by atoms with Crippen molar-refractivity contribution in [1.82, 2.24) is 5.32 Å². The summed E-state index contributed by atoms with van der Waals surface area (Å²) in [6.45, 7) is 3.83. The van der Waals surface area contributed by atoms with Crippen LogP contribution in [0.2, 0.25) is 5.02 Å². The van der Waals surface area contributed by atoms with E-state index >= 15 is 0 Å². The first kappa shape index (κ1) is 20.6. The summed E-state index contributed by atoms with van der Waals surface area (Å²) >= 11 is 5.91. The summed E-state index contributed by atoms with van der Waals surface area (Å²) in [6, 6.07) is 10.4. The number of amides is 3. The van der Waals surface area contributed by atoms with Crippen molar-refractivity contribution in [2.75, 3.05) is 10.2 Å². The van der Waals surface area contributed by atoms with Crippen molar-refractivity contribution in [3.63, 3.8) is 0 Å². The Balaban J connectivity index is 1.68. The maximum absolute atomic E-state index is 13.7. The lowest BCUT2D eigenvalue weighted by Crippen LogP contribution is -2.54. The Morgan fingerprint density at radius 1 is 1.12 bits per heavy atom. The van der Waals surface area contributed by atoms with Crippen molar-refractivity contribution >= 4 is 46.4 Å². The van der Waals surface area contributed by atoms with Crippen molar-refractivity contribution in [2.24, 2.45) is 17.8 Å². The van der Waals surface area contributed by atoms with Gasteiger partial charge in [-0.2, -0.15) is 0 Å². The molecule has 5 rings (SSSR count). The predicted molar refractivity (Wildman–Crippen MR) is 116 cm³/mol. The molecule has 10 heteroatoms. The number of carbonyl (C=O) groups excluding carboxylic acids is 3. The monoisotopic (exact) mass is 454 g/mol. The third-order valence-corrected chi connectivity index (χ3v) is 6.98. The van der Waals surface area contributed by atoms with Gasteiger partial charge in [-0.1, -0.05) is 43.6 Å². The molecule has 0 saturated carbocycles. The van der Waals surface area contributed by atoms with Crippen molar-refractivity contribution in [1.29, 1.82) is 0 Å². The number of imide groups is 1. The molecule has 2 saturated heterocycles. The van der Waals surface area contributed by atoms with Crippen LogP contribution in [0.3, 0.4) is 0 Å². The Morgan fingerprint density at radius 3 is 2.53 bits per heavy atom. The number of carbonyl (C=O) groups is 3. The van der Waals surface area contributed by atoms with E-state index in [0.29, 0.717) is 11.3 Å². The van der Waals surface area contributed by atoms with Crippen molar-refractivity contribution in [2.45, 2.75) is 25.4 Å². The van der Waals surface area contributed by atoms with E-state index in [-0.39, 0.29) is 22.5 Å². The Kier molecular flexibility index (Phi) is 4.41. The second-order valence-electron chi connectivity index (χ2n) is 8.63. The van der Waals surface area contributed by atoms with Gasteiger partial charge < -0.3 is 5.32 Å². The zero-order valence-corrected chi connectivity index (χ0v) is 17.9. The molecule has 3 amide bonds. The van der Waals surface area contributed by atoms with Crippen LogP contribution in [0.5, 0.6) is 0 Å². The summed E-state index contributed by atoms with van der Waals surface area (Å²) in [6.07, 6.45) is 0. The van der Waals surface area contributed by atoms with Crippen LogP contribution in [0.15, 0.2) is 42.5 Å². The fraction of sp³-hybridized carbons (Fsp3) is 0.318. The SMILES string of the molecule is CC(C)[C@@H]1N[C@]2(C(=O)Nc3ccccc32)[C@@H]2C(=O)N(c3ccc(Cl)c([N+](=O)[O-])c3)C(=O)[C@@H]21. The summed E-state index contributed by atoms with van der Waals surface area (Å²) in [5.74, 6) is -3.29. The van der Waals surface area contributed by atoms with E-state index in [1.807, 2.05) is 13.8 Å². The van der Waals surface area contributed by atoms with Crippen LogP contribution < -0.4 is 15.5 Å². The fourth-order valence-corrected chi connectivity index (χ4v) is 5.48. The highest BCUT2D eigenvalue weighted by molar-refractivity contribution is 6.33. The topological polar surface area (TPSA) is 122 Å². The van der Waals surface area contributed by atoms with E-state index in [1.165, 1.54) is 12.1 Å². The predicted octanol–water partition coefficient (Wildman–Crippen LogP) is 2.83. The van der Waals surface area contributed by atoms with E-state index in [0.717, 1.165) is 11.0 Å². The molecule has 9 nitrogen and oxygen atoms in total.